The number of ether oxygens (including phenoxy) is 1. The highest BCUT2D eigenvalue weighted by Gasteiger charge is 2.32. The summed E-state index contributed by atoms with van der Waals surface area (Å²) >= 11 is 0. The number of hydrogen-bond donors (Lipinski definition) is 1. The molecule has 0 aromatic heterocycles. The molecule has 2 aromatic rings. The highest BCUT2D eigenvalue weighted by atomic mass is 16.5. The topological polar surface area (TPSA) is 46.5 Å². The maximum Gasteiger partial charge on any atom is 0.198 e. The maximum absolute atomic E-state index is 12.3. The Morgan fingerprint density at radius 2 is 1.63 bits per heavy atom. The van der Waals surface area contributed by atoms with Crippen LogP contribution in [0.25, 0.3) is 0 Å². The first-order valence-corrected chi connectivity index (χ1v) is 6.02. The van der Waals surface area contributed by atoms with Crippen LogP contribution in [-0.4, -0.2) is 18.0 Å². The summed E-state index contributed by atoms with van der Waals surface area (Å²) in [6.45, 7) is 1.50. The van der Waals surface area contributed by atoms with Gasteiger partial charge in [0, 0.05) is 5.56 Å². The van der Waals surface area contributed by atoms with Gasteiger partial charge in [0.25, 0.3) is 0 Å². The Hall–Kier alpha value is -2.13. The summed E-state index contributed by atoms with van der Waals surface area (Å²) in [6, 6.07) is 15.6. The Morgan fingerprint density at radius 3 is 2.16 bits per heavy atom. The lowest BCUT2D eigenvalue weighted by Gasteiger charge is -2.22. The predicted octanol–water partition coefficient (Wildman–Crippen LogP) is 2.79. The monoisotopic (exact) mass is 256 g/mol. The summed E-state index contributed by atoms with van der Waals surface area (Å²) in [4.78, 5) is 12.3. The molecule has 0 heterocycles. The van der Waals surface area contributed by atoms with Gasteiger partial charge >= 0.3 is 0 Å². The highest BCUT2D eigenvalue weighted by molar-refractivity contribution is 6.02. The smallest absolute Gasteiger partial charge is 0.198 e. The van der Waals surface area contributed by atoms with Crippen LogP contribution in [0.4, 0.5) is 0 Å². The Kier molecular flexibility index (Phi) is 3.67. The minimum absolute atomic E-state index is 0.321. The van der Waals surface area contributed by atoms with E-state index in [-0.39, 0.29) is 5.78 Å². The summed E-state index contributed by atoms with van der Waals surface area (Å²) in [7, 11) is 1.57. The molecule has 3 nitrogen and oxygen atoms in total. The van der Waals surface area contributed by atoms with Crippen LogP contribution in [0.2, 0.25) is 0 Å². The van der Waals surface area contributed by atoms with E-state index in [2.05, 4.69) is 0 Å². The van der Waals surface area contributed by atoms with E-state index in [1.54, 1.807) is 55.6 Å². The summed E-state index contributed by atoms with van der Waals surface area (Å²) < 4.78 is 5.06. The van der Waals surface area contributed by atoms with Gasteiger partial charge in [0.15, 0.2) is 5.78 Å². The molecule has 0 aliphatic rings. The molecule has 1 atom stereocenters. The first-order valence-electron chi connectivity index (χ1n) is 6.02. The van der Waals surface area contributed by atoms with E-state index >= 15 is 0 Å². The normalized spacial score (nSPS) is 13.6. The van der Waals surface area contributed by atoms with Crippen molar-refractivity contribution < 1.29 is 14.6 Å². The number of ketones is 1. The number of Topliss-reactive ketones (excluding diaryl/α,β-unsaturated/α-hetero) is 1. The van der Waals surface area contributed by atoms with E-state index in [0.717, 1.165) is 0 Å². The third-order valence-electron chi connectivity index (χ3n) is 3.13. The molecule has 3 heteroatoms. The third-order valence-corrected chi connectivity index (χ3v) is 3.13. The number of rotatable bonds is 4. The average Bonchev–Trinajstić information content (AvgIpc) is 2.47. The fourth-order valence-electron chi connectivity index (χ4n) is 1.92. The van der Waals surface area contributed by atoms with Gasteiger partial charge < -0.3 is 9.84 Å². The van der Waals surface area contributed by atoms with E-state index in [1.165, 1.54) is 6.92 Å². The molecule has 19 heavy (non-hydrogen) atoms. The molecule has 2 aromatic carbocycles. The van der Waals surface area contributed by atoms with Crippen molar-refractivity contribution >= 4 is 5.78 Å². The quantitative estimate of drug-likeness (QED) is 0.856. The van der Waals surface area contributed by atoms with Gasteiger partial charge in [0.05, 0.1) is 7.11 Å². The van der Waals surface area contributed by atoms with Crippen LogP contribution in [0.5, 0.6) is 5.75 Å². The molecule has 0 fully saturated rings. The van der Waals surface area contributed by atoms with Crippen molar-refractivity contribution in [1.82, 2.24) is 0 Å². The molecule has 1 N–H and O–H groups in total. The number of methoxy groups -OCH3 is 1. The second-order valence-electron chi connectivity index (χ2n) is 4.50. The highest BCUT2D eigenvalue weighted by Crippen LogP contribution is 2.26. The molecular weight excluding hydrogens is 240 g/mol. The molecular formula is C16H16O3. The molecule has 0 saturated heterocycles. The largest absolute Gasteiger partial charge is 0.497 e. The van der Waals surface area contributed by atoms with Crippen LogP contribution in [0, 0.1) is 0 Å². The van der Waals surface area contributed by atoms with Crippen LogP contribution in [0.1, 0.15) is 22.8 Å². The van der Waals surface area contributed by atoms with Crippen LogP contribution < -0.4 is 4.74 Å². The van der Waals surface area contributed by atoms with Gasteiger partial charge in [-0.05, 0) is 24.6 Å². The Morgan fingerprint density at radius 1 is 1.05 bits per heavy atom. The predicted molar refractivity (Wildman–Crippen MR) is 73.3 cm³/mol. The summed E-state index contributed by atoms with van der Waals surface area (Å²) in [6.07, 6.45) is 0. The fourth-order valence-corrected chi connectivity index (χ4v) is 1.92. The van der Waals surface area contributed by atoms with Crippen LogP contribution in [-0.2, 0) is 5.60 Å². The molecule has 0 amide bonds. The van der Waals surface area contributed by atoms with Crippen molar-refractivity contribution in [1.29, 1.82) is 0 Å². The Balaban J connectivity index is 2.33. The zero-order valence-corrected chi connectivity index (χ0v) is 11.0. The summed E-state index contributed by atoms with van der Waals surface area (Å²) in [5.74, 6) is 0.366. The molecule has 0 spiro atoms. The van der Waals surface area contributed by atoms with Gasteiger partial charge in [-0.25, -0.2) is 0 Å². The summed E-state index contributed by atoms with van der Waals surface area (Å²) in [5, 5.41) is 10.5. The molecule has 0 bridgehead atoms. The number of benzene rings is 2. The van der Waals surface area contributed by atoms with Crippen LogP contribution >= 0.6 is 0 Å². The SMILES string of the molecule is COc1ccc(C(C)(O)C(=O)c2ccccc2)cc1. The van der Waals surface area contributed by atoms with E-state index in [9.17, 15) is 9.90 Å². The van der Waals surface area contributed by atoms with Crippen molar-refractivity contribution in [3.63, 3.8) is 0 Å². The molecule has 0 radical (unpaired) electrons. The minimum Gasteiger partial charge on any atom is -0.497 e. The van der Waals surface area contributed by atoms with Gasteiger partial charge in [-0.2, -0.15) is 0 Å². The standard InChI is InChI=1S/C16H16O3/c1-16(18,13-8-10-14(19-2)11-9-13)15(17)12-6-4-3-5-7-12/h3-11,18H,1-2H3. The summed E-state index contributed by atoms with van der Waals surface area (Å²) in [5.41, 5.74) is -0.515. The van der Waals surface area contributed by atoms with Crippen molar-refractivity contribution in [2.45, 2.75) is 12.5 Å². The second-order valence-corrected chi connectivity index (χ2v) is 4.50. The van der Waals surface area contributed by atoms with Gasteiger partial charge in [-0.1, -0.05) is 42.5 Å². The van der Waals surface area contributed by atoms with Crippen molar-refractivity contribution in [2.75, 3.05) is 7.11 Å². The van der Waals surface area contributed by atoms with Crippen molar-refractivity contribution in [2.24, 2.45) is 0 Å². The molecule has 0 aliphatic heterocycles. The van der Waals surface area contributed by atoms with Gasteiger partial charge in [0.1, 0.15) is 11.4 Å². The van der Waals surface area contributed by atoms with E-state index in [0.29, 0.717) is 16.9 Å². The number of carbonyl (C=O) groups is 1. The van der Waals surface area contributed by atoms with Gasteiger partial charge in [-0.15, -0.1) is 0 Å². The molecule has 2 rings (SSSR count). The van der Waals surface area contributed by atoms with Gasteiger partial charge in [0.2, 0.25) is 0 Å². The number of aliphatic hydroxyl groups is 1. The van der Waals surface area contributed by atoms with Crippen LogP contribution in [0.15, 0.2) is 54.6 Å². The number of carbonyl (C=O) groups excluding carboxylic acids is 1. The zero-order valence-electron chi connectivity index (χ0n) is 11.0. The lowest BCUT2D eigenvalue weighted by atomic mass is 9.88. The minimum atomic E-state index is -1.55. The van der Waals surface area contributed by atoms with Crippen molar-refractivity contribution in [3.05, 3.63) is 65.7 Å². The lowest BCUT2D eigenvalue weighted by Crippen LogP contribution is -2.32. The number of hydrogen-bond acceptors (Lipinski definition) is 3. The van der Waals surface area contributed by atoms with Gasteiger partial charge in [-0.3, -0.25) is 4.79 Å². The molecule has 98 valence electrons. The first-order chi connectivity index (χ1) is 9.05. The first kappa shape index (κ1) is 13.3. The lowest BCUT2D eigenvalue weighted by molar-refractivity contribution is 0.0392. The molecule has 0 saturated carbocycles. The zero-order chi connectivity index (χ0) is 13.9. The van der Waals surface area contributed by atoms with Crippen LogP contribution in [0.3, 0.4) is 0 Å². The average molecular weight is 256 g/mol. The maximum atomic E-state index is 12.3. The van der Waals surface area contributed by atoms with E-state index < -0.39 is 5.60 Å². The second kappa shape index (κ2) is 5.24. The van der Waals surface area contributed by atoms with E-state index in [1.807, 2.05) is 6.07 Å². The van der Waals surface area contributed by atoms with Crippen molar-refractivity contribution in [3.8, 4) is 5.75 Å². The Bertz CT molecular complexity index is 556. The fraction of sp³-hybridized carbons (Fsp3) is 0.188. The molecule has 1 unspecified atom stereocenters. The Labute approximate surface area is 112 Å². The third kappa shape index (κ3) is 2.66. The molecule has 0 aliphatic carbocycles. The van der Waals surface area contributed by atoms with E-state index in [4.69, 9.17) is 4.74 Å².